The highest BCUT2D eigenvalue weighted by molar-refractivity contribution is 7.92. The highest BCUT2D eigenvalue weighted by atomic mass is 32.2. The zero-order valence-electron chi connectivity index (χ0n) is 13.9. The molecule has 2 aromatic rings. The van der Waals surface area contributed by atoms with Gasteiger partial charge in [0.2, 0.25) is 5.91 Å². The molecule has 1 saturated heterocycles. The number of sulfonamides is 1. The summed E-state index contributed by atoms with van der Waals surface area (Å²) in [6.45, 7) is 3.36. The Bertz CT molecular complexity index is 842. The molecule has 0 radical (unpaired) electrons. The summed E-state index contributed by atoms with van der Waals surface area (Å²) in [6, 6.07) is 9.52. The van der Waals surface area contributed by atoms with E-state index in [4.69, 9.17) is 0 Å². The number of carbonyl (C=O) groups excluding carboxylic acids is 1. The van der Waals surface area contributed by atoms with Crippen LogP contribution < -0.4 is 14.9 Å². The van der Waals surface area contributed by atoms with Crippen molar-refractivity contribution in [2.45, 2.75) is 24.7 Å². The van der Waals surface area contributed by atoms with Gasteiger partial charge in [-0.15, -0.1) is 0 Å². The molecule has 1 aliphatic heterocycles. The minimum atomic E-state index is -3.71. The summed E-state index contributed by atoms with van der Waals surface area (Å²) in [5.74, 6) is 0.651. The van der Waals surface area contributed by atoms with Crippen molar-refractivity contribution in [1.29, 1.82) is 0 Å². The number of nitrogens with zero attached hydrogens (tertiary/aromatic N) is 2. The second-order valence-corrected chi connectivity index (χ2v) is 7.59. The lowest BCUT2D eigenvalue weighted by molar-refractivity contribution is -0.114. The maximum Gasteiger partial charge on any atom is 0.261 e. The van der Waals surface area contributed by atoms with Gasteiger partial charge in [0.25, 0.3) is 10.0 Å². The van der Waals surface area contributed by atoms with Gasteiger partial charge in [0, 0.05) is 25.7 Å². The molecule has 0 bridgehead atoms. The number of anilines is 3. The third kappa shape index (κ3) is 4.27. The van der Waals surface area contributed by atoms with Crippen molar-refractivity contribution in [2.24, 2.45) is 0 Å². The van der Waals surface area contributed by atoms with Gasteiger partial charge in [-0.2, -0.15) is 0 Å². The Kier molecular flexibility index (Phi) is 4.89. The van der Waals surface area contributed by atoms with E-state index < -0.39 is 10.0 Å². The fraction of sp³-hybridized carbons (Fsp3) is 0.294. The number of pyridine rings is 1. The van der Waals surface area contributed by atoms with Gasteiger partial charge in [0.05, 0.1) is 16.8 Å². The number of nitrogens with one attached hydrogen (secondary N) is 2. The molecule has 1 aromatic carbocycles. The molecule has 0 spiro atoms. The number of carbonyl (C=O) groups is 1. The molecule has 2 N–H and O–H groups in total. The molecule has 1 amide bonds. The van der Waals surface area contributed by atoms with Gasteiger partial charge in [-0.05, 0) is 49.2 Å². The lowest BCUT2D eigenvalue weighted by Gasteiger charge is -2.16. The molecule has 0 unspecified atom stereocenters. The summed E-state index contributed by atoms with van der Waals surface area (Å²) < 4.78 is 27.4. The van der Waals surface area contributed by atoms with Gasteiger partial charge >= 0.3 is 0 Å². The second kappa shape index (κ2) is 7.10. The van der Waals surface area contributed by atoms with Crippen molar-refractivity contribution in [1.82, 2.24) is 4.98 Å². The van der Waals surface area contributed by atoms with Crippen LogP contribution in [0.15, 0.2) is 47.5 Å². The van der Waals surface area contributed by atoms with Crippen LogP contribution in [0.1, 0.15) is 19.8 Å². The maximum absolute atomic E-state index is 12.4. The first-order chi connectivity index (χ1) is 11.9. The summed E-state index contributed by atoms with van der Waals surface area (Å²) in [6.07, 6.45) is 3.84. The SMILES string of the molecule is CC(=O)Nc1ccc(S(=O)(=O)Nc2ccc(N3CCCC3)nc2)cc1. The van der Waals surface area contributed by atoms with E-state index in [-0.39, 0.29) is 10.8 Å². The van der Waals surface area contributed by atoms with E-state index in [2.05, 4.69) is 19.9 Å². The fourth-order valence-electron chi connectivity index (χ4n) is 2.71. The maximum atomic E-state index is 12.4. The van der Waals surface area contributed by atoms with E-state index in [9.17, 15) is 13.2 Å². The van der Waals surface area contributed by atoms with E-state index in [0.29, 0.717) is 11.4 Å². The molecule has 7 nitrogen and oxygen atoms in total. The van der Waals surface area contributed by atoms with Gasteiger partial charge < -0.3 is 10.2 Å². The quantitative estimate of drug-likeness (QED) is 0.854. The normalized spacial score (nSPS) is 14.4. The lowest BCUT2D eigenvalue weighted by Crippen LogP contribution is -2.19. The minimum Gasteiger partial charge on any atom is -0.357 e. The fourth-order valence-corrected chi connectivity index (χ4v) is 3.76. The zero-order chi connectivity index (χ0) is 17.9. The summed E-state index contributed by atoms with van der Waals surface area (Å²) >= 11 is 0. The largest absolute Gasteiger partial charge is 0.357 e. The van der Waals surface area contributed by atoms with E-state index >= 15 is 0 Å². The number of amides is 1. The molecule has 1 aromatic heterocycles. The third-order valence-corrected chi connectivity index (χ3v) is 5.31. The van der Waals surface area contributed by atoms with Crippen molar-refractivity contribution >= 4 is 33.1 Å². The minimum absolute atomic E-state index is 0.116. The predicted octanol–water partition coefficient (Wildman–Crippen LogP) is 2.44. The van der Waals surface area contributed by atoms with Crippen molar-refractivity contribution in [3.8, 4) is 0 Å². The van der Waals surface area contributed by atoms with E-state index in [1.54, 1.807) is 18.2 Å². The predicted molar refractivity (Wildman–Crippen MR) is 97.2 cm³/mol. The van der Waals surface area contributed by atoms with E-state index in [1.165, 1.54) is 25.3 Å². The van der Waals surface area contributed by atoms with Crippen molar-refractivity contribution < 1.29 is 13.2 Å². The van der Waals surface area contributed by atoms with Crippen LogP contribution in [-0.2, 0) is 14.8 Å². The van der Waals surface area contributed by atoms with Crippen molar-refractivity contribution in [3.05, 3.63) is 42.6 Å². The van der Waals surface area contributed by atoms with Crippen LogP contribution in [-0.4, -0.2) is 32.4 Å². The molecule has 25 heavy (non-hydrogen) atoms. The number of aromatic nitrogens is 1. The Balaban J connectivity index is 1.71. The Morgan fingerprint density at radius 1 is 1.04 bits per heavy atom. The van der Waals surface area contributed by atoms with Crippen molar-refractivity contribution in [2.75, 3.05) is 28.0 Å². The number of rotatable bonds is 5. The summed E-state index contributed by atoms with van der Waals surface area (Å²) in [4.78, 5) is 17.6. The third-order valence-electron chi connectivity index (χ3n) is 3.92. The Hall–Kier alpha value is -2.61. The standard InChI is InChI=1S/C17H20N4O3S/c1-13(22)19-14-4-7-16(8-5-14)25(23,24)20-15-6-9-17(18-12-15)21-10-2-3-11-21/h4-9,12,20H,2-3,10-11H2,1H3,(H,19,22). The van der Waals surface area contributed by atoms with Gasteiger partial charge in [-0.1, -0.05) is 0 Å². The van der Waals surface area contributed by atoms with Gasteiger partial charge in [0.15, 0.2) is 0 Å². The van der Waals surface area contributed by atoms with Crippen LogP contribution in [0.3, 0.4) is 0 Å². The molecule has 2 heterocycles. The van der Waals surface area contributed by atoms with Gasteiger partial charge in [-0.25, -0.2) is 13.4 Å². The van der Waals surface area contributed by atoms with Crippen LogP contribution in [0.25, 0.3) is 0 Å². The van der Waals surface area contributed by atoms with Crippen LogP contribution in [0.5, 0.6) is 0 Å². The van der Waals surface area contributed by atoms with Crippen LogP contribution >= 0.6 is 0 Å². The topological polar surface area (TPSA) is 91.4 Å². The van der Waals surface area contributed by atoms with E-state index in [0.717, 1.165) is 31.7 Å². The summed E-state index contributed by atoms with van der Waals surface area (Å²) in [5, 5.41) is 2.60. The smallest absolute Gasteiger partial charge is 0.261 e. The molecule has 0 saturated carbocycles. The first-order valence-corrected chi connectivity index (χ1v) is 9.54. The van der Waals surface area contributed by atoms with Gasteiger partial charge in [-0.3, -0.25) is 9.52 Å². The van der Waals surface area contributed by atoms with Crippen LogP contribution in [0.2, 0.25) is 0 Å². The van der Waals surface area contributed by atoms with E-state index in [1.807, 2.05) is 6.07 Å². The highest BCUT2D eigenvalue weighted by Gasteiger charge is 2.16. The number of hydrogen-bond donors (Lipinski definition) is 2. The Morgan fingerprint density at radius 3 is 2.24 bits per heavy atom. The highest BCUT2D eigenvalue weighted by Crippen LogP contribution is 2.21. The molecule has 132 valence electrons. The Morgan fingerprint density at radius 2 is 1.68 bits per heavy atom. The molecule has 8 heteroatoms. The monoisotopic (exact) mass is 360 g/mol. The number of hydrogen-bond acceptors (Lipinski definition) is 5. The molecule has 3 rings (SSSR count). The molecule has 0 atom stereocenters. The van der Waals surface area contributed by atoms with Crippen LogP contribution in [0, 0.1) is 0 Å². The Labute approximate surface area is 147 Å². The second-order valence-electron chi connectivity index (χ2n) is 5.91. The van der Waals surface area contributed by atoms with Crippen LogP contribution in [0.4, 0.5) is 17.2 Å². The first kappa shape index (κ1) is 17.2. The van der Waals surface area contributed by atoms with Gasteiger partial charge in [0.1, 0.15) is 5.82 Å². The lowest BCUT2D eigenvalue weighted by atomic mass is 10.3. The summed E-state index contributed by atoms with van der Waals surface area (Å²) in [7, 11) is -3.71. The average molecular weight is 360 g/mol. The summed E-state index contributed by atoms with van der Waals surface area (Å²) in [5.41, 5.74) is 0.956. The first-order valence-electron chi connectivity index (χ1n) is 8.05. The molecule has 1 aliphatic rings. The molecular formula is C17H20N4O3S. The molecular weight excluding hydrogens is 340 g/mol. The number of benzene rings is 1. The van der Waals surface area contributed by atoms with Crippen molar-refractivity contribution in [3.63, 3.8) is 0 Å². The zero-order valence-corrected chi connectivity index (χ0v) is 14.7. The molecule has 1 fully saturated rings. The average Bonchev–Trinajstić information content (AvgIpc) is 3.09. The molecule has 0 aliphatic carbocycles.